The molecule has 0 aliphatic heterocycles. The van der Waals surface area contributed by atoms with Crippen LogP contribution in [0.4, 0.5) is 0 Å². The second-order valence-electron chi connectivity index (χ2n) is 4.48. The molecule has 0 aliphatic carbocycles. The molecule has 16 heavy (non-hydrogen) atoms. The molecule has 0 aromatic carbocycles. The van der Waals surface area contributed by atoms with Crippen molar-refractivity contribution in [3.8, 4) is 0 Å². The number of carbonyl (C=O) groups is 1. The van der Waals surface area contributed by atoms with Crippen LogP contribution < -0.4 is 10.6 Å². The highest BCUT2D eigenvalue weighted by atomic mass is 32.1. The number of aromatic nitrogens is 1. The average molecular weight is 241 g/mol. The van der Waals surface area contributed by atoms with Crippen molar-refractivity contribution in [2.24, 2.45) is 5.41 Å². The Labute approximate surface area is 100 Å². The van der Waals surface area contributed by atoms with Gasteiger partial charge in [0.2, 0.25) is 5.91 Å². The maximum Gasteiger partial charge on any atom is 0.226 e. The summed E-state index contributed by atoms with van der Waals surface area (Å²) in [6.45, 7) is 6.53. The Hall–Kier alpha value is -0.940. The quantitative estimate of drug-likeness (QED) is 0.822. The van der Waals surface area contributed by atoms with E-state index in [-0.39, 0.29) is 11.9 Å². The minimum absolute atomic E-state index is 0.0467. The van der Waals surface area contributed by atoms with E-state index in [1.807, 2.05) is 24.7 Å². The van der Waals surface area contributed by atoms with Gasteiger partial charge in [-0.05, 0) is 20.8 Å². The van der Waals surface area contributed by atoms with Crippen LogP contribution in [-0.2, 0) is 4.79 Å². The van der Waals surface area contributed by atoms with Gasteiger partial charge in [0.05, 0.1) is 16.6 Å². The zero-order valence-electron chi connectivity index (χ0n) is 10.2. The molecular formula is C11H19N3OS. The van der Waals surface area contributed by atoms with Gasteiger partial charge in [0.25, 0.3) is 0 Å². The minimum atomic E-state index is -0.404. The number of thiazole rings is 1. The highest BCUT2D eigenvalue weighted by Crippen LogP contribution is 2.17. The standard InChI is InChI=1S/C11H19N3OS/c1-8(9-5-16-7-14-9)13-6-11(2,3)10(15)12-4/h5,7-8,13H,6H2,1-4H3,(H,12,15). The number of rotatable bonds is 5. The first-order valence-corrected chi connectivity index (χ1v) is 6.25. The fraction of sp³-hybridized carbons (Fsp3) is 0.636. The molecule has 0 radical (unpaired) electrons. The Kier molecular flexibility index (Phi) is 4.44. The molecule has 0 saturated carbocycles. The molecule has 1 aromatic rings. The minimum Gasteiger partial charge on any atom is -0.359 e. The summed E-state index contributed by atoms with van der Waals surface area (Å²) >= 11 is 1.58. The Morgan fingerprint density at radius 3 is 2.81 bits per heavy atom. The van der Waals surface area contributed by atoms with Crippen LogP contribution in [0.2, 0.25) is 0 Å². The molecular weight excluding hydrogens is 222 g/mol. The molecule has 1 rings (SSSR count). The third-order valence-corrected chi connectivity index (χ3v) is 3.19. The largest absolute Gasteiger partial charge is 0.359 e. The molecule has 1 amide bonds. The molecule has 5 heteroatoms. The molecule has 1 heterocycles. The van der Waals surface area contributed by atoms with Gasteiger partial charge in [-0.15, -0.1) is 11.3 Å². The van der Waals surface area contributed by atoms with Crippen molar-refractivity contribution >= 4 is 17.2 Å². The van der Waals surface area contributed by atoms with Crippen LogP contribution in [0.3, 0.4) is 0 Å². The normalized spacial score (nSPS) is 13.5. The monoisotopic (exact) mass is 241 g/mol. The molecule has 1 atom stereocenters. The summed E-state index contributed by atoms with van der Waals surface area (Å²) in [5.41, 5.74) is 2.44. The second kappa shape index (κ2) is 5.41. The van der Waals surface area contributed by atoms with Gasteiger partial charge in [0, 0.05) is 25.0 Å². The van der Waals surface area contributed by atoms with E-state index in [9.17, 15) is 4.79 Å². The van der Waals surface area contributed by atoms with Crippen molar-refractivity contribution in [3.05, 3.63) is 16.6 Å². The number of nitrogens with zero attached hydrogens (tertiary/aromatic N) is 1. The lowest BCUT2D eigenvalue weighted by Gasteiger charge is -2.24. The summed E-state index contributed by atoms with van der Waals surface area (Å²) in [7, 11) is 1.66. The number of hydrogen-bond donors (Lipinski definition) is 2. The van der Waals surface area contributed by atoms with E-state index in [4.69, 9.17) is 0 Å². The lowest BCUT2D eigenvalue weighted by molar-refractivity contribution is -0.128. The fourth-order valence-electron chi connectivity index (χ4n) is 1.37. The van der Waals surface area contributed by atoms with Crippen molar-refractivity contribution in [2.75, 3.05) is 13.6 Å². The third kappa shape index (κ3) is 3.28. The van der Waals surface area contributed by atoms with Gasteiger partial charge in [0.15, 0.2) is 0 Å². The van der Waals surface area contributed by atoms with E-state index >= 15 is 0 Å². The Morgan fingerprint density at radius 1 is 1.62 bits per heavy atom. The van der Waals surface area contributed by atoms with Crippen LogP contribution in [-0.4, -0.2) is 24.5 Å². The van der Waals surface area contributed by atoms with Crippen LogP contribution in [0.15, 0.2) is 10.9 Å². The van der Waals surface area contributed by atoms with E-state index in [2.05, 4.69) is 22.5 Å². The number of carbonyl (C=O) groups excluding carboxylic acids is 1. The highest BCUT2D eigenvalue weighted by Gasteiger charge is 2.26. The molecule has 0 fully saturated rings. The number of hydrogen-bond acceptors (Lipinski definition) is 4. The molecule has 0 bridgehead atoms. The van der Waals surface area contributed by atoms with E-state index in [1.54, 1.807) is 18.4 Å². The van der Waals surface area contributed by atoms with Crippen molar-refractivity contribution < 1.29 is 4.79 Å². The molecule has 2 N–H and O–H groups in total. The first-order valence-electron chi connectivity index (χ1n) is 5.31. The molecule has 0 spiro atoms. The second-order valence-corrected chi connectivity index (χ2v) is 5.20. The van der Waals surface area contributed by atoms with Gasteiger partial charge in [-0.1, -0.05) is 0 Å². The highest BCUT2D eigenvalue weighted by molar-refractivity contribution is 7.07. The van der Waals surface area contributed by atoms with E-state index < -0.39 is 5.41 Å². The molecule has 1 unspecified atom stereocenters. The summed E-state index contributed by atoms with van der Waals surface area (Å²) in [5.74, 6) is 0.0467. The maximum atomic E-state index is 11.6. The number of amides is 1. The lowest BCUT2D eigenvalue weighted by atomic mass is 9.92. The number of nitrogens with one attached hydrogen (secondary N) is 2. The predicted molar refractivity (Wildman–Crippen MR) is 66.4 cm³/mol. The van der Waals surface area contributed by atoms with Gasteiger partial charge in [0.1, 0.15) is 0 Å². The first-order chi connectivity index (χ1) is 7.47. The van der Waals surface area contributed by atoms with Crippen LogP contribution in [0.1, 0.15) is 32.5 Å². The van der Waals surface area contributed by atoms with Crippen LogP contribution in [0, 0.1) is 5.41 Å². The smallest absolute Gasteiger partial charge is 0.226 e. The molecule has 90 valence electrons. The lowest BCUT2D eigenvalue weighted by Crippen LogP contribution is -2.42. The summed E-state index contributed by atoms with van der Waals surface area (Å²) in [5, 5.41) is 8.01. The average Bonchev–Trinajstić information content (AvgIpc) is 2.78. The summed E-state index contributed by atoms with van der Waals surface area (Å²) in [6, 6.07) is 0.176. The molecule has 4 nitrogen and oxygen atoms in total. The Bertz CT molecular complexity index is 335. The molecule has 0 aliphatic rings. The van der Waals surface area contributed by atoms with Gasteiger partial charge < -0.3 is 10.6 Å². The van der Waals surface area contributed by atoms with Gasteiger partial charge >= 0.3 is 0 Å². The summed E-state index contributed by atoms with van der Waals surface area (Å²) < 4.78 is 0. The summed E-state index contributed by atoms with van der Waals surface area (Å²) in [6.07, 6.45) is 0. The zero-order valence-corrected chi connectivity index (χ0v) is 11.0. The van der Waals surface area contributed by atoms with Crippen molar-refractivity contribution in [2.45, 2.75) is 26.8 Å². The van der Waals surface area contributed by atoms with E-state index in [1.165, 1.54) is 0 Å². The zero-order chi connectivity index (χ0) is 12.2. The van der Waals surface area contributed by atoms with E-state index in [0.29, 0.717) is 6.54 Å². The summed E-state index contributed by atoms with van der Waals surface area (Å²) in [4.78, 5) is 15.8. The van der Waals surface area contributed by atoms with Gasteiger partial charge in [-0.2, -0.15) is 0 Å². The van der Waals surface area contributed by atoms with Crippen LogP contribution >= 0.6 is 11.3 Å². The first kappa shape index (κ1) is 13.1. The topological polar surface area (TPSA) is 54.0 Å². The van der Waals surface area contributed by atoms with Crippen LogP contribution in [0.25, 0.3) is 0 Å². The van der Waals surface area contributed by atoms with Crippen molar-refractivity contribution in [3.63, 3.8) is 0 Å². The molecule has 0 saturated heterocycles. The Morgan fingerprint density at radius 2 is 2.31 bits per heavy atom. The van der Waals surface area contributed by atoms with Crippen molar-refractivity contribution in [1.29, 1.82) is 0 Å². The SMILES string of the molecule is CNC(=O)C(C)(C)CNC(C)c1cscn1. The fourth-order valence-corrected chi connectivity index (χ4v) is 2.02. The maximum absolute atomic E-state index is 11.6. The van der Waals surface area contributed by atoms with Gasteiger partial charge in [-0.25, -0.2) is 4.98 Å². The third-order valence-electron chi connectivity index (χ3n) is 2.59. The van der Waals surface area contributed by atoms with Crippen LogP contribution in [0.5, 0.6) is 0 Å². The predicted octanol–water partition coefficient (Wildman–Crippen LogP) is 1.57. The Balaban J connectivity index is 2.48. The van der Waals surface area contributed by atoms with Gasteiger partial charge in [-0.3, -0.25) is 4.79 Å². The van der Waals surface area contributed by atoms with E-state index in [0.717, 1.165) is 5.69 Å². The molecule has 1 aromatic heterocycles. The van der Waals surface area contributed by atoms with Crippen molar-refractivity contribution in [1.82, 2.24) is 15.6 Å².